The van der Waals surface area contributed by atoms with Crippen molar-refractivity contribution in [3.05, 3.63) is 0 Å². The Morgan fingerprint density at radius 3 is 2.41 bits per heavy atom. The highest BCUT2D eigenvalue weighted by molar-refractivity contribution is 7.89. The Morgan fingerprint density at radius 1 is 1.18 bits per heavy atom. The van der Waals surface area contributed by atoms with Gasteiger partial charge < -0.3 is 0 Å². The van der Waals surface area contributed by atoms with Crippen molar-refractivity contribution in [1.82, 2.24) is 4.72 Å². The quantitative estimate of drug-likeness (QED) is 0.468. The first-order chi connectivity index (χ1) is 8.05. The third kappa shape index (κ3) is 9.86. The summed E-state index contributed by atoms with van der Waals surface area (Å²) in [7, 11) is -3.09. The van der Waals surface area contributed by atoms with E-state index in [9.17, 15) is 8.42 Å². The molecule has 1 unspecified atom stereocenters. The Morgan fingerprint density at radius 2 is 1.88 bits per heavy atom. The van der Waals surface area contributed by atoms with Crippen LogP contribution in [0.1, 0.15) is 52.4 Å². The second-order valence-corrected chi connectivity index (χ2v) is 6.78. The molecule has 5 heteroatoms. The number of hydrogen-bond donors (Lipinski definition) is 1. The number of nitrogens with one attached hydrogen (secondary N) is 1. The summed E-state index contributed by atoms with van der Waals surface area (Å²) in [5, 5.41) is 0. The molecule has 0 spiro atoms. The fourth-order valence-electron chi connectivity index (χ4n) is 1.65. The number of alkyl halides is 1. The van der Waals surface area contributed by atoms with Crippen LogP contribution in [0.25, 0.3) is 0 Å². The second-order valence-electron chi connectivity index (χ2n) is 4.48. The molecule has 0 amide bonds. The van der Waals surface area contributed by atoms with Crippen LogP contribution in [0.5, 0.6) is 0 Å². The van der Waals surface area contributed by atoms with E-state index in [4.69, 9.17) is 11.6 Å². The number of hydrogen-bond acceptors (Lipinski definition) is 2. The van der Waals surface area contributed by atoms with Crippen LogP contribution in [0.15, 0.2) is 0 Å². The molecular formula is C12H26ClNO2S. The standard InChI is InChI=1S/C12H26ClNO2S/c1-3-5-8-12(4-2)11-14-17(15,16)10-7-6-9-13/h12,14H,3-11H2,1-2H3. The van der Waals surface area contributed by atoms with Crippen LogP contribution in [0.2, 0.25) is 0 Å². The number of unbranched alkanes of at least 4 members (excludes halogenated alkanes) is 2. The summed E-state index contributed by atoms with van der Waals surface area (Å²) in [6.45, 7) is 4.85. The first-order valence-electron chi connectivity index (χ1n) is 6.59. The molecule has 0 aromatic heterocycles. The minimum Gasteiger partial charge on any atom is -0.215 e. The summed E-state index contributed by atoms with van der Waals surface area (Å²) in [4.78, 5) is 0. The highest BCUT2D eigenvalue weighted by Gasteiger charge is 2.12. The van der Waals surface area contributed by atoms with Crippen molar-refractivity contribution in [1.29, 1.82) is 0 Å². The van der Waals surface area contributed by atoms with E-state index < -0.39 is 10.0 Å². The van der Waals surface area contributed by atoms with Crippen molar-refractivity contribution < 1.29 is 8.42 Å². The summed E-state index contributed by atoms with van der Waals surface area (Å²) in [5.74, 6) is 1.20. The molecule has 0 aromatic rings. The molecule has 104 valence electrons. The van der Waals surface area contributed by atoms with Gasteiger partial charge in [-0.15, -0.1) is 11.6 Å². The lowest BCUT2D eigenvalue weighted by atomic mass is 10.00. The van der Waals surface area contributed by atoms with Crippen LogP contribution in [-0.4, -0.2) is 26.6 Å². The van der Waals surface area contributed by atoms with Crippen molar-refractivity contribution in [2.24, 2.45) is 5.92 Å². The monoisotopic (exact) mass is 283 g/mol. The molecule has 0 rings (SSSR count). The molecule has 0 aromatic carbocycles. The van der Waals surface area contributed by atoms with E-state index in [1.165, 1.54) is 12.8 Å². The molecular weight excluding hydrogens is 258 g/mol. The third-order valence-corrected chi connectivity index (χ3v) is 4.63. The van der Waals surface area contributed by atoms with Gasteiger partial charge in [-0.2, -0.15) is 0 Å². The second kappa shape index (κ2) is 10.2. The molecule has 1 atom stereocenters. The molecule has 0 bridgehead atoms. The van der Waals surface area contributed by atoms with Gasteiger partial charge in [0.05, 0.1) is 5.75 Å². The lowest BCUT2D eigenvalue weighted by Crippen LogP contribution is -2.31. The van der Waals surface area contributed by atoms with Gasteiger partial charge in [-0.25, -0.2) is 13.1 Å². The van der Waals surface area contributed by atoms with E-state index in [1.54, 1.807) is 0 Å². The zero-order valence-corrected chi connectivity index (χ0v) is 12.6. The lowest BCUT2D eigenvalue weighted by Gasteiger charge is -2.15. The predicted molar refractivity (Wildman–Crippen MR) is 75.0 cm³/mol. The Balaban J connectivity index is 3.88. The van der Waals surface area contributed by atoms with Gasteiger partial charge in [0.25, 0.3) is 0 Å². The number of halogens is 1. The largest absolute Gasteiger partial charge is 0.215 e. The van der Waals surface area contributed by atoms with Crippen LogP contribution in [0.3, 0.4) is 0 Å². The fourth-order valence-corrected chi connectivity index (χ4v) is 3.05. The molecule has 3 nitrogen and oxygen atoms in total. The highest BCUT2D eigenvalue weighted by atomic mass is 35.5. The van der Waals surface area contributed by atoms with Gasteiger partial charge in [-0.1, -0.05) is 33.1 Å². The normalized spacial score (nSPS) is 13.8. The van der Waals surface area contributed by atoms with Gasteiger partial charge in [0.15, 0.2) is 0 Å². The Labute approximate surface area is 111 Å². The zero-order chi connectivity index (χ0) is 13.1. The topological polar surface area (TPSA) is 46.2 Å². The van der Waals surface area contributed by atoms with Gasteiger partial charge in [-0.3, -0.25) is 0 Å². The molecule has 17 heavy (non-hydrogen) atoms. The summed E-state index contributed by atoms with van der Waals surface area (Å²) in [5.41, 5.74) is 0. The first kappa shape index (κ1) is 17.2. The van der Waals surface area contributed by atoms with E-state index in [0.29, 0.717) is 24.8 Å². The van der Waals surface area contributed by atoms with Crippen molar-refractivity contribution in [3.63, 3.8) is 0 Å². The molecule has 0 radical (unpaired) electrons. The van der Waals surface area contributed by atoms with E-state index in [0.717, 1.165) is 19.3 Å². The summed E-state index contributed by atoms with van der Waals surface area (Å²) < 4.78 is 26.0. The van der Waals surface area contributed by atoms with Crippen LogP contribution in [0.4, 0.5) is 0 Å². The number of sulfonamides is 1. The Kier molecular flexibility index (Phi) is 10.3. The molecule has 0 saturated carbocycles. The van der Waals surface area contributed by atoms with Gasteiger partial charge >= 0.3 is 0 Å². The zero-order valence-electron chi connectivity index (χ0n) is 11.0. The average molecular weight is 284 g/mol. The molecule has 0 aliphatic carbocycles. The molecule has 0 heterocycles. The molecule has 0 aliphatic rings. The summed E-state index contributed by atoms with van der Waals surface area (Å²) in [6, 6.07) is 0. The predicted octanol–water partition coefficient (Wildman–Crippen LogP) is 3.14. The molecule has 0 aliphatic heterocycles. The van der Waals surface area contributed by atoms with Gasteiger partial charge in [0, 0.05) is 12.4 Å². The van der Waals surface area contributed by atoms with Gasteiger partial charge in [0.1, 0.15) is 0 Å². The van der Waals surface area contributed by atoms with Crippen LogP contribution >= 0.6 is 11.6 Å². The SMILES string of the molecule is CCCCC(CC)CNS(=O)(=O)CCCCCl. The van der Waals surface area contributed by atoms with E-state index >= 15 is 0 Å². The van der Waals surface area contributed by atoms with Crippen LogP contribution in [-0.2, 0) is 10.0 Å². The van der Waals surface area contributed by atoms with E-state index in [1.807, 2.05) is 0 Å². The first-order valence-corrected chi connectivity index (χ1v) is 8.77. The van der Waals surface area contributed by atoms with Crippen molar-refractivity contribution in [2.75, 3.05) is 18.2 Å². The average Bonchev–Trinajstić information content (AvgIpc) is 2.29. The molecule has 0 fully saturated rings. The fraction of sp³-hybridized carbons (Fsp3) is 1.00. The highest BCUT2D eigenvalue weighted by Crippen LogP contribution is 2.11. The Bertz CT molecular complexity index is 268. The smallest absolute Gasteiger partial charge is 0.211 e. The minimum atomic E-state index is -3.09. The van der Waals surface area contributed by atoms with Gasteiger partial charge in [0.2, 0.25) is 10.0 Å². The van der Waals surface area contributed by atoms with E-state index in [-0.39, 0.29) is 5.75 Å². The summed E-state index contributed by atoms with van der Waals surface area (Å²) >= 11 is 5.52. The molecule has 1 N–H and O–H groups in total. The van der Waals surface area contributed by atoms with Crippen molar-refractivity contribution in [2.45, 2.75) is 52.4 Å². The van der Waals surface area contributed by atoms with Crippen molar-refractivity contribution >= 4 is 21.6 Å². The lowest BCUT2D eigenvalue weighted by molar-refractivity contribution is 0.443. The number of rotatable bonds is 11. The maximum absolute atomic E-state index is 11.6. The summed E-state index contributed by atoms with van der Waals surface area (Å²) in [6.07, 6.45) is 5.88. The van der Waals surface area contributed by atoms with Crippen molar-refractivity contribution in [3.8, 4) is 0 Å². The third-order valence-electron chi connectivity index (χ3n) is 2.93. The Hall–Kier alpha value is 0.200. The van der Waals surface area contributed by atoms with Gasteiger partial charge in [-0.05, 0) is 25.2 Å². The maximum atomic E-state index is 11.6. The maximum Gasteiger partial charge on any atom is 0.211 e. The van der Waals surface area contributed by atoms with Crippen LogP contribution in [0, 0.1) is 5.92 Å². The van der Waals surface area contributed by atoms with E-state index in [2.05, 4.69) is 18.6 Å². The minimum absolute atomic E-state index is 0.198. The van der Waals surface area contributed by atoms with Crippen LogP contribution < -0.4 is 4.72 Å². The molecule has 0 saturated heterocycles.